The highest BCUT2D eigenvalue weighted by molar-refractivity contribution is 5.94. The van der Waals surface area contributed by atoms with Crippen molar-refractivity contribution in [2.24, 2.45) is 0 Å². The monoisotopic (exact) mass is 431 g/mol. The SMILES string of the molecule is Cc1cccc(-n2c(=O)c3ccccc3n(C(C)C(=O)Nc3ccc(F)cc3)c2=O)c1C. The molecule has 0 fully saturated rings. The Labute approximate surface area is 183 Å². The van der Waals surface area contributed by atoms with Gasteiger partial charge in [-0.15, -0.1) is 0 Å². The lowest BCUT2D eigenvalue weighted by molar-refractivity contribution is -0.118. The van der Waals surface area contributed by atoms with Crippen molar-refractivity contribution in [3.63, 3.8) is 0 Å². The number of fused-ring (bicyclic) bond motifs is 1. The Morgan fingerprint density at radius 2 is 1.62 bits per heavy atom. The molecule has 32 heavy (non-hydrogen) atoms. The summed E-state index contributed by atoms with van der Waals surface area (Å²) >= 11 is 0. The topological polar surface area (TPSA) is 73.1 Å². The molecule has 1 atom stereocenters. The number of nitrogens with zero attached hydrogens (tertiary/aromatic N) is 2. The number of halogens is 1. The van der Waals surface area contributed by atoms with E-state index in [-0.39, 0.29) is 0 Å². The van der Waals surface area contributed by atoms with Crippen LogP contribution in [-0.4, -0.2) is 15.0 Å². The summed E-state index contributed by atoms with van der Waals surface area (Å²) in [6, 6.07) is 16.5. The fourth-order valence-electron chi connectivity index (χ4n) is 3.74. The molecule has 1 N–H and O–H groups in total. The van der Waals surface area contributed by atoms with E-state index in [4.69, 9.17) is 0 Å². The maximum Gasteiger partial charge on any atom is 0.336 e. The van der Waals surface area contributed by atoms with Gasteiger partial charge >= 0.3 is 5.69 Å². The van der Waals surface area contributed by atoms with Gasteiger partial charge in [0.25, 0.3) is 5.56 Å². The summed E-state index contributed by atoms with van der Waals surface area (Å²) in [4.78, 5) is 39.9. The number of hydrogen-bond donors (Lipinski definition) is 1. The first kappa shape index (κ1) is 21.2. The minimum atomic E-state index is -0.936. The number of para-hydroxylation sites is 1. The molecule has 0 aliphatic carbocycles. The first-order valence-electron chi connectivity index (χ1n) is 10.2. The first-order chi connectivity index (χ1) is 15.3. The van der Waals surface area contributed by atoms with Crippen LogP contribution in [-0.2, 0) is 4.79 Å². The van der Waals surface area contributed by atoms with Crippen LogP contribution in [0.2, 0.25) is 0 Å². The number of aryl methyl sites for hydroxylation is 1. The van der Waals surface area contributed by atoms with Gasteiger partial charge in [-0.1, -0.05) is 24.3 Å². The molecule has 0 spiro atoms. The molecule has 0 saturated carbocycles. The minimum Gasteiger partial charge on any atom is -0.324 e. The summed E-state index contributed by atoms with van der Waals surface area (Å²) in [5.74, 6) is -0.881. The van der Waals surface area contributed by atoms with E-state index in [1.165, 1.54) is 28.8 Å². The lowest BCUT2D eigenvalue weighted by Gasteiger charge is -2.20. The van der Waals surface area contributed by atoms with Crippen LogP contribution in [0.25, 0.3) is 16.6 Å². The van der Waals surface area contributed by atoms with Crippen LogP contribution in [0.3, 0.4) is 0 Å². The number of amides is 1. The average molecular weight is 431 g/mol. The normalized spacial score (nSPS) is 12.0. The number of hydrogen-bond acceptors (Lipinski definition) is 3. The standard InChI is InChI=1S/C25H22FN3O3/c1-15-7-6-10-21(16(15)2)29-24(31)20-8-4-5-9-22(20)28(25(29)32)17(3)23(30)27-19-13-11-18(26)12-14-19/h4-14,17H,1-3H3,(H,27,30). The fourth-order valence-corrected chi connectivity index (χ4v) is 3.74. The number of carbonyl (C=O) groups excluding carboxylic acids is 1. The predicted octanol–water partition coefficient (Wildman–Crippen LogP) is 4.11. The van der Waals surface area contributed by atoms with E-state index in [0.717, 1.165) is 15.7 Å². The molecule has 0 aliphatic heterocycles. The highest BCUT2D eigenvalue weighted by atomic mass is 19.1. The summed E-state index contributed by atoms with van der Waals surface area (Å²) < 4.78 is 15.6. The zero-order chi connectivity index (χ0) is 23.0. The third-order valence-electron chi connectivity index (χ3n) is 5.69. The van der Waals surface area contributed by atoms with Gasteiger partial charge in [-0.2, -0.15) is 0 Å². The van der Waals surface area contributed by atoms with Gasteiger partial charge < -0.3 is 5.32 Å². The smallest absolute Gasteiger partial charge is 0.324 e. The molecule has 6 nitrogen and oxygen atoms in total. The number of rotatable bonds is 4. The Kier molecular flexibility index (Phi) is 5.48. The second-order valence-electron chi connectivity index (χ2n) is 7.70. The Bertz CT molecular complexity index is 1450. The van der Waals surface area contributed by atoms with Gasteiger partial charge in [0.05, 0.1) is 16.6 Å². The van der Waals surface area contributed by atoms with Crippen molar-refractivity contribution in [1.29, 1.82) is 0 Å². The summed E-state index contributed by atoms with van der Waals surface area (Å²) in [7, 11) is 0. The molecule has 0 bridgehead atoms. The maximum absolute atomic E-state index is 13.6. The molecule has 0 radical (unpaired) electrons. The molecule has 1 unspecified atom stereocenters. The zero-order valence-electron chi connectivity index (χ0n) is 17.9. The Morgan fingerprint density at radius 1 is 0.938 bits per heavy atom. The highest BCUT2D eigenvalue weighted by Gasteiger charge is 2.23. The predicted molar refractivity (Wildman–Crippen MR) is 123 cm³/mol. The van der Waals surface area contributed by atoms with Gasteiger partial charge in [0.1, 0.15) is 11.9 Å². The van der Waals surface area contributed by atoms with Crippen LogP contribution in [0.15, 0.2) is 76.3 Å². The van der Waals surface area contributed by atoms with E-state index in [0.29, 0.717) is 22.3 Å². The Morgan fingerprint density at radius 3 is 2.34 bits per heavy atom. The minimum absolute atomic E-state index is 0.328. The van der Waals surface area contributed by atoms with Crippen molar-refractivity contribution in [1.82, 2.24) is 9.13 Å². The molecule has 0 saturated heterocycles. The third-order valence-corrected chi connectivity index (χ3v) is 5.69. The zero-order valence-corrected chi connectivity index (χ0v) is 17.9. The van der Waals surface area contributed by atoms with Crippen LogP contribution < -0.4 is 16.6 Å². The molecule has 1 heterocycles. The number of benzene rings is 3. The van der Waals surface area contributed by atoms with Crippen LogP contribution >= 0.6 is 0 Å². The van der Waals surface area contributed by atoms with E-state index >= 15 is 0 Å². The molecule has 4 rings (SSSR count). The van der Waals surface area contributed by atoms with Gasteiger partial charge in [0.15, 0.2) is 0 Å². The molecule has 1 aromatic heterocycles. The molecule has 7 heteroatoms. The van der Waals surface area contributed by atoms with Gasteiger partial charge in [0.2, 0.25) is 5.91 Å². The van der Waals surface area contributed by atoms with E-state index in [2.05, 4.69) is 5.32 Å². The summed E-state index contributed by atoms with van der Waals surface area (Å²) in [6.45, 7) is 5.34. The average Bonchev–Trinajstić information content (AvgIpc) is 2.78. The molecular weight excluding hydrogens is 409 g/mol. The summed E-state index contributed by atoms with van der Waals surface area (Å²) in [5, 5.41) is 3.03. The van der Waals surface area contributed by atoms with Crippen LogP contribution in [0.5, 0.6) is 0 Å². The van der Waals surface area contributed by atoms with E-state index < -0.39 is 29.0 Å². The van der Waals surface area contributed by atoms with Gasteiger partial charge in [-0.3, -0.25) is 14.2 Å². The second-order valence-corrected chi connectivity index (χ2v) is 7.70. The number of aromatic nitrogens is 2. The van der Waals surface area contributed by atoms with E-state index in [1.807, 2.05) is 19.9 Å². The molecule has 4 aromatic rings. The quantitative estimate of drug-likeness (QED) is 0.529. The third kappa shape index (κ3) is 3.62. The summed E-state index contributed by atoms with van der Waals surface area (Å²) in [5.41, 5.74) is 1.94. The van der Waals surface area contributed by atoms with Crippen molar-refractivity contribution >= 4 is 22.5 Å². The number of carbonyl (C=O) groups is 1. The molecule has 162 valence electrons. The van der Waals surface area contributed by atoms with Crippen LogP contribution in [0.4, 0.5) is 10.1 Å². The Balaban J connectivity index is 1.92. The van der Waals surface area contributed by atoms with Gasteiger partial charge in [-0.05, 0) is 74.4 Å². The number of nitrogens with one attached hydrogen (secondary N) is 1. The van der Waals surface area contributed by atoms with Crippen molar-refractivity contribution in [3.05, 3.63) is 105 Å². The largest absolute Gasteiger partial charge is 0.336 e. The molecule has 1 amide bonds. The van der Waals surface area contributed by atoms with E-state index in [1.54, 1.807) is 43.3 Å². The highest BCUT2D eigenvalue weighted by Crippen LogP contribution is 2.19. The van der Waals surface area contributed by atoms with Crippen LogP contribution in [0.1, 0.15) is 24.1 Å². The van der Waals surface area contributed by atoms with Gasteiger partial charge in [0, 0.05) is 5.69 Å². The fraction of sp³-hybridized carbons (Fsp3) is 0.160. The molecule has 0 aliphatic rings. The van der Waals surface area contributed by atoms with Gasteiger partial charge in [-0.25, -0.2) is 13.8 Å². The summed E-state index contributed by atoms with van der Waals surface area (Å²) in [6.07, 6.45) is 0. The first-order valence-corrected chi connectivity index (χ1v) is 10.2. The van der Waals surface area contributed by atoms with Crippen molar-refractivity contribution in [2.45, 2.75) is 26.8 Å². The molecular formula is C25H22FN3O3. The maximum atomic E-state index is 13.6. The van der Waals surface area contributed by atoms with Crippen LogP contribution in [0, 0.1) is 19.7 Å². The molecule has 3 aromatic carbocycles. The Hall–Kier alpha value is -4.00. The van der Waals surface area contributed by atoms with Crippen molar-refractivity contribution in [2.75, 3.05) is 5.32 Å². The number of anilines is 1. The van der Waals surface area contributed by atoms with Crippen molar-refractivity contribution in [3.8, 4) is 5.69 Å². The van der Waals surface area contributed by atoms with E-state index in [9.17, 15) is 18.8 Å². The lowest BCUT2D eigenvalue weighted by atomic mass is 10.1. The van der Waals surface area contributed by atoms with Crippen molar-refractivity contribution < 1.29 is 9.18 Å². The second kappa shape index (κ2) is 8.26. The lowest BCUT2D eigenvalue weighted by Crippen LogP contribution is -2.42.